The van der Waals surface area contributed by atoms with Crippen LogP contribution in [0.25, 0.3) is 0 Å². The Hall–Kier alpha value is -0.660. The molecule has 0 fully saturated rings. The molecule has 11 heavy (non-hydrogen) atoms. The van der Waals surface area contributed by atoms with Gasteiger partial charge < -0.3 is 9.80 Å². The molecule has 0 aromatic carbocycles. The van der Waals surface area contributed by atoms with Crippen molar-refractivity contribution in [2.24, 2.45) is 0 Å². The molecule has 0 saturated heterocycles. The fourth-order valence-corrected chi connectivity index (χ4v) is 1.33. The Morgan fingerprint density at radius 3 is 2.18 bits per heavy atom. The summed E-state index contributed by atoms with van der Waals surface area (Å²) < 4.78 is 0. The predicted octanol–water partition coefficient (Wildman–Crippen LogP) is 1.51. The maximum atomic E-state index is 2.38. The van der Waals surface area contributed by atoms with Crippen LogP contribution in [0.5, 0.6) is 0 Å². The molecule has 0 aliphatic carbocycles. The van der Waals surface area contributed by atoms with Crippen molar-refractivity contribution >= 4 is 0 Å². The molecule has 1 aliphatic heterocycles. The van der Waals surface area contributed by atoms with Crippen molar-refractivity contribution in [1.82, 2.24) is 9.80 Å². The lowest BCUT2D eigenvalue weighted by Crippen LogP contribution is -2.34. The summed E-state index contributed by atoms with van der Waals surface area (Å²) in [5.41, 5.74) is 0. The Balaban J connectivity index is 2.30. The van der Waals surface area contributed by atoms with E-state index in [2.05, 4.69) is 36.0 Å². The largest absolute Gasteiger partial charge is 0.375 e. The second-order valence-corrected chi connectivity index (χ2v) is 2.96. The summed E-state index contributed by atoms with van der Waals surface area (Å²) >= 11 is 0. The second-order valence-electron chi connectivity index (χ2n) is 2.96. The molecule has 0 saturated carbocycles. The highest BCUT2D eigenvalue weighted by Gasteiger charge is 2.05. The van der Waals surface area contributed by atoms with E-state index in [0.29, 0.717) is 0 Å². The molecule has 0 amide bonds. The van der Waals surface area contributed by atoms with Crippen LogP contribution in [-0.4, -0.2) is 36.0 Å². The van der Waals surface area contributed by atoms with Gasteiger partial charge >= 0.3 is 0 Å². The fourth-order valence-electron chi connectivity index (χ4n) is 1.33. The summed E-state index contributed by atoms with van der Waals surface area (Å²) in [6.07, 6.45) is 5.64. The van der Waals surface area contributed by atoms with Crippen molar-refractivity contribution in [3.63, 3.8) is 0 Å². The first-order valence-corrected chi connectivity index (χ1v) is 4.53. The third-order valence-corrected chi connectivity index (χ3v) is 2.08. The number of nitrogens with zero attached hydrogens (tertiary/aromatic N) is 2. The number of rotatable bonds is 3. The van der Waals surface area contributed by atoms with Crippen molar-refractivity contribution in [2.75, 3.05) is 26.2 Å². The zero-order chi connectivity index (χ0) is 8.10. The Bertz CT molecular complexity index is 132. The molecule has 64 valence electrons. The van der Waals surface area contributed by atoms with Crippen LogP contribution in [0.4, 0.5) is 0 Å². The Morgan fingerprint density at radius 1 is 1.09 bits per heavy atom. The van der Waals surface area contributed by atoms with Crippen LogP contribution in [0.15, 0.2) is 12.4 Å². The molecule has 1 aliphatic rings. The van der Waals surface area contributed by atoms with Crippen molar-refractivity contribution in [2.45, 2.75) is 20.3 Å². The minimum atomic E-state index is 1.14. The quantitative estimate of drug-likeness (QED) is 0.608. The maximum absolute atomic E-state index is 2.38. The zero-order valence-electron chi connectivity index (χ0n) is 7.58. The van der Waals surface area contributed by atoms with Crippen molar-refractivity contribution in [1.29, 1.82) is 0 Å². The molecule has 0 N–H and O–H groups in total. The van der Waals surface area contributed by atoms with E-state index >= 15 is 0 Å². The van der Waals surface area contributed by atoms with Gasteiger partial charge in [0, 0.05) is 38.6 Å². The van der Waals surface area contributed by atoms with Crippen molar-refractivity contribution in [3.05, 3.63) is 12.4 Å². The lowest BCUT2D eigenvalue weighted by molar-refractivity contribution is 0.268. The van der Waals surface area contributed by atoms with Crippen LogP contribution in [0.2, 0.25) is 0 Å². The first-order chi connectivity index (χ1) is 5.36. The second kappa shape index (κ2) is 4.27. The lowest BCUT2D eigenvalue weighted by atomic mass is 10.3. The smallest absolute Gasteiger partial charge is 0.0348 e. The molecule has 2 nitrogen and oxygen atoms in total. The normalized spacial score (nSPS) is 17.6. The Morgan fingerprint density at radius 2 is 1.73 bits per heavy atom. The van der Waals surface area contributed by atoms with E-state index in [0.717, 1.165) is 6.54 Å². The zero-order valence-corrected chi connectivity index (χ0v) is 7.58. The monoisotopic (exact) mass is 154 g/mol. The van der Waals surface area contributed by atoms with E-state index in [1.165, 1.54) is 26.1 Å². The van der Waals surface area contributed by atoms with E-state index in [1.807, 2.05) is 0 Å². The molecular weight excluding hydrogens is 136 g/mol. The third kappa shape index (κ3) is 2.45. The van der Waals surface area contributed by atoms with Gasteiger partial charge in [-0.15, -0.1) is 0 Å². The molecule has 1 rings (SSSR count). The summed E-state index contributed by atoms with van der Waals surface area (Å²) in [6.45, 7) is 9.13. The maximum Gasteiger partial charge on any atom is 0.0348 e. The third-order valence-electron chi connectivity index (χ3n) is 2.08. The highest BCUT2D eigenvalue weighted by atomic mass is 15.2. The molecular formula is C9H18N2. The Labute approximate surface area is 69.5 Å². The Kier molecular flexibility index (Phi) is 3.27. The molecule has 0 aromatic rings. The van der Waals surface area contributed by atoms with Gasteiger partial charge in [0.1, 0.15) is 0 Å². The topological polar surface area (TPSA) is 6.48 Å². The number of hydrogen-bond donors (Lipinski definition) is 0. The molecule has 1 heterocycles. The molecule has 0 aromatic heterocycles. The summed E-state index contributed by atoms with van der Waals surface area (Å²) in [5.74, 6) is 0. The van der Waals surface area contributed by atoms with E-state index in [-0.39, 0.29) is 0 Å². The van der Waals surface area contributed by atoms with Gasteiger partial charge in [0.15, 0.2) is 0 Å². The van der Waals surface area contributed by atoms with Crippen LogP contribution >= 0.6 is 0 Å². The summed E-state index contributed by atoms with van der Waals surface area (Å²) in [6, 6.07) is 0. The van der Waals surface area contributed by atoms with Gasteiger partial charge in [-0.1, -0.05) is 6.92 Å². The average molecular weight is 154 g/mol. The predicted molar refractivity (Wildman–Crippen MR) is 48.3 cm³/mol. The van der Waals surface area contributed by atoms with Crippen molar-refractivity contribution in [3.8, 4) is 0 Å². The number of likely N-dealkylation sites (N-methyl/N-ethyl adjacent to an activating group) is 1. The molecule has 0 radical (unpaired) electrons. The van der Waals surface area contributed by atoms with Crippen LogP contribution in [0, 0.1) is 0 Å². The summed E-state index contributed by atoms with van der Waals surface area (Å²) in [4.78, 5) is 4.72. The summed E-state index contributed by atoms with van der Waals surface area (Å²) in [5, 5.41) is 0. The van der Waals surface area contributed by atoms with Crippen LogP contribution in [0.1, 0.15) is 20.3 Å². The first kappa shape index (κ1) is 8.44. The standard InChI is InChI=1S/C9H18N2/c1-3-5-11-8-6-10(4-2)7-9-11/h6,8H,3-5,7,9H2,1-2H3. The molecule has 2 heteroatoms. The van der Waals surface area contributed by atoms with Gasteiger partial charge in [-0.05, 0) is 13.3 Å². The average Bonchev–Trinajstić information content (AvgIpc) is 2.07. The van der Waals surface area contributed by atoms with Gasteiger partial charge in [0.05, 0.1) is 0 Å². The van der Waals surface area contributed by atoms with Gasteiger partial charge in [-0.2, -0.15) is 0 Å². The highest BCUT2D eigenvalue weighted by Crippen LogP contribution is 2.02. The van der Waals surface area contributed by atoms with Gasteiger partial charge in [-0.25, -0.2) is 0 Å². The van der Waals surface area contributed by atoms with Crippen molar-refractivity contribution < 1.29 is 0 Å². The van der Waals surface area contributed by atoms with Gasteiger partial charge in [-0.3, -0.25) is 0 Å². The minimum absolute atomic E-state index is 1.14. The first-order valence-electron chi connectivity index (χ1n) is 4.53. The van der Waals surface area contributed by atoms with Crippen LogP contribution in [-0.2, 0) is 0 Å². The lowest BCUT2D eigenvalue weighted by Gasteiger charge is -2.30. The van der Waals surface area contributed by atoms with Crippen LogP contribution < -0.4 is 0 Å². The van der Waals surface area contributed by atoms with E-state index < -0.39 is 0 Å². The molecule has 0 bridgehead atoms. The van der Waals surface area contributed by atoms with Gasteiger partial charge in [0.2, 0.25) is 0 Å². The fraction of sp³-hybridized carbons (Fsp3) is 0.778. The minimum Gasteiger partial charge on any atom is -0.375 e. The molecule has 0 spiro atoms. The van der Waals surface area contributed by atoms with E-state index in [4.69, 9.17) is 0 Å². The molecule has 0 unspecified atom stereocenters. The van der Waals surface area contributed by atoms with E-state index in [9.17, 15) is 0 Å². The van der Waals surface area contributed by atoms with Gasteiger partial charge in [0.25, 0.3) is 0 Å². The number of hydrogen-bond acceptors (Lipinski definition) is 2. The van der Waals surface area contributed by atoms with E-state index in [1.54, 1.807) is 0 Å². The summed E-state index contributed by atoms with van der Waals surface area (Å²) in [7, 11) is 0. The van der Waals surface area contributed by atoms with Crippen LogP contribution in [0.3, 0.4) is 0 Å². The molecule has 0 atom stereocenters. The highest BCUT2D eigenvalue weighted by molar-refractivity contribution is 4.88. The SMILES string of the molecule is CCCN1C=CN(CC)CC1.